The van der Waals surface area contributed by atoms with Gasteiger partial charge in [-0.15, -0.1) is 0 Å². The zero-order chi connectivity index (χ0) is 15.4. The van der Waals surface area contributed by atoms with Crippen molar-refractivity contribution in [1.82, 2.24) is 10.2 Å². The highest BCUT2D eigenvalue weighted by Crippen LogP contribution is 2.20. The van der Waals surface area contributed by atoms with E-state index < -0.39 is 0 Å². The lowest BCUT2D eigenvalue weighted by atomic mass is 10.1. The van der Waals surface area contributed by atoms with E-state index in [1.165, 1.54) is 0 Å². The number of halogens is 1. The van der Waals surface area contributed by atoms with Crippen LogP contribution in [0.5, 0.6) is 0 Å². The Labute approximate surface area is 129 Å². The fourth-order valence-corrected chi connectivity index (χ4v) is 2.62. The summed E-state index contributed by atoms with van der Waals surface area (Å²) < 4.78 is 5.40. The van der Waals surface area contributed by atoms with Crippen molar-refractivity contribution in [3.05, 3.63) is 34.9 Å². The van der Waals surface area contributed by atoms with Crippen LogP contribution in [-0.2, 0) is 14.3 Å². The van der Waals surface area contributed by atoms with Crippen LogP contribution in [-0.4, -0.2) is 44.0 Å². The molecule has 0 radical (unpaired) electrons. The highest BCUT2D eigenvalue weighted by atomic mass is 35.5. The summed E-state index contributed by atoms with van der Waals surface area (Å²) >= 11 is 5.96. The molecule has 0 saturated carbocycles. The van der Waals surface area contributed by atoms with Crippen LogP contribution in [0.15, 0.2) is 24.3 Å². The van der Waals surface area contributed by atoms with Crippen molar-refractivity contribution in [2.45, 2.75) is 12.5 Å². The van der Waals surface area contributed by atoms with Crippen LogP contribution < -0.4 is 5.32 Å². The molecule has 0 spiro atoms. The van der Waals surface area contributed by atoms with Crippen molar-refractivity contribution in [3.8, 4) is 0 Å². The second kappa shape index (κ2) is 6.91. The first-order valence-corrected chi connectivity index (χ1v) is 7.19. The molecule has 2 rings (SSSR count). The Kier molecular flexibility index (Phi) is 5.20. The van der Waals surface area contributed by atoms with E-state index >= 15 is 0 Å². The minimum Gasteiger partial charge on any atom is -0.375 e. The van der Waals surface area contributed by atoms with Gasteiger partial charge in [0, 0.05) is 38.7 Å². The molecule has 1 aliphatic heterocycles. The van der Waals surface area contributed by atoms with Crippen LogP contribution in [0, 0.1) is 5.92 Å². The number of hydrogen-bond donors (Lipinski definition) is 1. The Morgan fingerprint density at radius 2 is 2.33 bits per heavy atom. The summed E-state index contributed by atoms with van der Waals surface area (Å²) in [5, 5.41) is 3.48. The molecule has 5 nitrogen and oxygen atoms in total. The quantitative estimate of drug-likeness (QED) is 0.899. The maximum atomic E-state index is 12.1. The largest absolute Gasteiger partial charge is 0.375 e. The second-order valence-electron chi connectivity index (χ2n) is 5.20. The lowest BCUT2D eigenvalue weighted by Crippen LogP contribution is -2.35. The smallest absolute Gasteiger partial charge is 0.225 e. The van der Waals surface area contributed by atoms with Crippen molar-refractivity contribution in [1.29, 1.82) is 0 Å². The number of ether oxygens (including phenoxy) is 1. The van der Waals surface area contributed by atoms with Gasteiger partial charge in [0.05, 0.1) is 12.0 Å². The van der Waals surface area contributed by atoms with E-state index in [0.717, 1.165) is 5.56 Å². The number of nitrogens with zero attached hydrogens (tertiary/aromatic N) is 1. The molecule has 1 aromatic carbocycles. The maximum absolute atomic E-state index is 12.1. The third-order valence-corrected chi connectivity index (χ3v) is 3.91. The lowest BCUT2D eigenvalue weighted by molar-refractivity contribution is -0.128. The van der Waals surface area contributed by atoms with E-state index in [1.807, 2.05) is 18.2 Å². The van der Waals surface area contributed by atoms with E-state index in [2.05, 4.69) is 5.32 Å². The first kappa shape index (κ1) is 15.8. The van der Waals surface area contributed by atoms with Gasteiger partial charge in [-0.3, -0.25) is 9.59 Å². The van der Waals surface area contributed by atoms with E-state index in [0.29, 0.717) is 18.1 Å². The average molecular weight is 311 g/mol. The number of hydrogen-bond acceptors (Lipinski definition) is 3. The predicted octanol–water partition coefficient (Wildman–Crippen LogP) is 1.62. The summed E-state index contributed by atoms with van der Waals surface area (Å²) in [4.78, 5) is 25.1. The number of likely N-dealkylation sites (tertiary alicyclic amines) is 1. The number of amides is 2. The minimum absolute atomic E-state index is 0.00767. The molecule has 1 aromatic rings. The summed E-state index contributed by atoms with van der Waals surface area (Å²) in [7, 11) is 3.30. The van der Waals surface area contributed by atoms with Gasteiger partial charge in [0.15, 0.2) is 0 Å². The van der Waals surface area contributed by atoms with Crippen LogP contribution in [0.25, 0.3) is 0 Å². The molecule has 114 valence electrons. The molecule has 1 N–H and O–H groups in total. The Hall–Kier alpha value is -1.59. The van der Waals surface area contributed by atoms with Crippen molar-refractivity contribution < 1.29 is 14.3 Å². The summed E-state index contributed by atoms with van der Waals surface area (Å²) in [5.74, 6) is -0.385. The Bertz CT molecular complexity index is 535. The van der Waals surface area contributed by atoms with Gasteiger partial charge in [0.25, 0.3) is 0 Å². The third kappa shape index (κ3) is 3.95. The van der Waals surface area contributed by atoms with Gasteiger partial charge < -0.3 is 15.0 Å². The number of benzene rings is 1. The molecular formula is C15H19ClN2O3. The lowest BCUT2D eigenvalue weighted by Gasteiger charge is -2.18. The predicted molar refractivity (Wildman–Crippen MR) is 80.0 cm³/mol. The molecule has 0 bridgehead atoms. The third-order valence-electron chi connectivity index (χ3n) is 3.68. The van der Waals surface area contributed by atoms with Crippen molar-refractivity contribution in [2.75, 3.05) is 27.2 Å². The molecule has 1 saturated heterocycles. The van der Waals surface area contributed by atoms with Crippen LogP contribution in [0.1, 0.15) is 18.1 Å². The molecule has 1 heterocycles. The van der Waals surface area contributed by atoms with Crippen molar-refractivity contribution >= 4 is 23.4 Å². The number of nitrogens with one attached hydrogen (secondary N) is 1. The van der Waals surface area contributed by atoms with Gasteiger partial charge >= 0.3 is 0 Å². The molecule has 21 heavy (non-hydrogen) atoms. The van der Waals surface area contributed by atoms with E-state index in [9.17, 15) is 9.59 Å². The molecule has 1 fully saturated rings. The van der Waals surface area contributed by atoms with Crippen LogP contribution >= 0.6 is 11.6 Å². The minimum atomic E-state index is -0.278. The van der Waals surface area contributed by atoms with Gasteiger partial charge in [-0.05, 0) is 17.7 Å². The zero-order valence-electron chi connectivity index (χ0n) is 12.1. The standard InChI is InChI=1S/C15H19ClN2O3/c1-18-9-11(7-14(18)19)15(20)17-8-13(21-2)10-4-3-5-12(16)6-10/h3-6,11,13H,7-9H2,1-2H3,(H,17,20)/t11-,13-/m1/s1. The maximum Gasteiger partial charge on any atom is 0.225 e. The number of carbonyl (C=O) groups excluding carboxylic acids is 2. The van der Waals surface area contributed by atoms with E-state index in [-0.39, 0.29) is 30.3 Å². The second-order valence-corrected chi connectivity index (χ2v) is 5.64. The Morgan fingerprint density at radius 3 is 2.90 bits per heavy atom. The molecule has 0 aliphatic carbocycles. The van der Waals surface area contributed by atoms with Crippen molar-refractivity contribution in [3.63, 3.8) is 0 Å². The van der Waals surface area contributed by atoms with Gasteiger partial charge in [-0.2, -0.15) is 0 Å². The summed E-state index contributed by atoms with van der Waals surface area (Å²) in [6.45, 7) is 0.823. The van der Waals surface area contributed by atoms with Gasteiger partial charge in [-0.1, -0.05) is 23.7 Å². The normalized spacial score (nSPS) is 19.7. The summed E-state index contributed by atoms with van der Waals surface area (Å²) in [6, 6.07) is 7.35. The molecule has 0 aromatic heterocycles. The van der Waals surface area contributed by atoms with E-state index in [1.54, 1.807) is 25.1 Å². The van der Waals surface area contributed by atoms with Gasteiger partial charge in [-0.25, -0.2) is 0 Å². The molecule has 0 unspecified atom stereocenters. The summed E-state index contributed by atoms with van der Waals surface area (Å²) in [5.41, 5.74) is 0.907. The molecule has 6 heteroatoms. The fraction of sp³-hybridized carbons (Fsp3) is 0.467. The van der Waals surface area contributed by atoms with Gasteiger partial charge in [0.2, 0.25) is 11.8 Å². The first-order valence-electron chi connectivity index (χ1n) is 6.81. The van der Waals surface area contributed by atoms with Crippen molar-refractivity contribution in [2.24, 2.45) is 5.92 Å². The van der Waals surface area contributed by atoms with Crippen LogP contribution in [0.4, 0.5) is 0 Å². The SMILES string of the molecule is CO[C@H](CNC(=O)[C@@H]1CC(=O)N(C)C1)c1cccc(Cl)c1. The highest BCUT2D eigenvalue weighted by molar-refractivity contribution is 6.30. The average Bonchev–Trinajstić information content (AvgIpc) is 2.79. The summed E-state index contributed by atoms with van der Waals surface area (Å²) in [6.07, 6.45) is 0.0134. The topological polar surface area (TPSA) is 58.6 Å². The van der Waals surface area contributed by atoms with Crippen LogP contribution in [0.2, 0.25) is 5.02 Å². The number of methoxy groups -OCH3 is 1. The monoisotopic (exact) mass is 310 g/mol. The Morgan fingerprint density at radius 1 is 1.57 bits per heavy atom. The van der Waals surface area contributed by atoms with Gasteiger partial charge in [0.1, 0.15) is 0 Å². The molecule has 2 amide bonds. The highest BCUT2D eigenvalue weighted by Gasteiger charge is 2.32. The number of carbonyl (C=O) groups is 2. The van der Waals surface area contributed by atoms with Crippen LogP contribution in [0.3, 0.4) is 0 Å². The fourth-order valence-electron chi connectivity index (χ4n) is 2.42. The molecule has 2 atom stereocenters. The zero-order valence-corrected chi connectivity index (χ0v) is 12.9. The van der Waals surface area contributed by atoms with E-state index in [4.69, 9.17) is 16.3 Å². The Balaban J connectivity index is 1.91. The number of rotatable bonds is 5. The molecular weight excluding hydrogens is 292 g/mol. The first-order chi connectivity index (χ1) is 10.0. The molecule has 1 aliphatic rings.